The van der Waals surface area contributed by atoms with Gasteiger partial charge in [-0.3, -0.25) is 4.79 Å². The molecule has 0 bridgehead atoms. The number of carbonyl (C=O) groups is 1. The van der Waals surface area contributed by atoms with Gasteiger partial charge in [0.2, 0.25) is 0 Å². The van der Waals surface area contributed by atoms with Gasteiger partial charge in [-0.25, -0.2) is 5.43 Å². The lowest BCUT2D eigenvalue weighted by molar-refractivity contribution is 0.0955. The summed E-state index contributed by atoms with van der Waals surface area (Å²) >= 11 is 0. The highest BCUT2D eigenvalue weighted by Crippen LogP contribution is 2.43. The molecule has 0 saturated carbocycles. The minimum Gasteiger partial charge on any atom is -0.366 e. The van der Waals surface area contributed by atoms with E-state index in [1.54, 1.807) is 18.3 Å². The second-order valence-electron chi connectivity index (χ2n) is 7.95. The third-order valence-corrected chi connectivity index (χ3v) is 5.27. The van der Waals surface area contributed by atoms with Crippen molar-refractivity contribution < 1.29 is 4.79 Å². The van der Waals surface area contributed by atoms with Crippen LogP contribution in [0.3, 0.4) is 0 Å². The van der Waals surface area contributed by atoms with Crippen LogP contribution in [0.5, 0.6) is 0 Å². The quantitative estimate of drug-likeness (QED) is 0.603. The average molecular weight is 364 g/mol. The van der Waals surface area contributed by atoms with Crippen molar-refractivity contribution in [2.45, 2.75) is 52.0 Å². The molecule has 27 heavy (non-hydrogen) atoms. The van der Waals surface area contributed by atoms with Crippen molar-refractivity contribution in [1.29, 1.82) is 0 Å². The number of benzene rings is 2. The van der Waals surface area contributed by atoms with Crippen LogP contribution in [0.4, 0.5) is 5.69 Å². The molecule has 0 aromatic heterocycles. The van der Waals surface area contributed by atoms with E-state index in [4.69, 9.17) is 0 Å². The van der Waals surface area contributed by atoms with E-state index in [0.717, 1.165) is 24.9 Å². The number of nitrogens with zero attached hydrogens (tertiary/aromatic N) is 2. The standard InChI is InChI=1S/C23H29N3O/c1-5-13-26-21-12-11-18(14-20(21)17(2)15-23(26,3)4)16-24-25-22(27)19-9-7-6-8-10-19/h6-12,14,16-17H,5,13,15H2,1-4H3,(H,25,27)/b24-16-. The molecule has 4 heteroatoms. The van der Waals surface area contributed by atoms with Crippen molar-refractivity contribution in [3.05, 3.63) is 65.2 Å². The molecular formula is C23H29N3O. The molecule has 0 spiro atoms. The zero-order valence-electron chi connectivity index (χ0n) is 16.7. The van der Waals surface area contributed by atoms with Gasteiger partial charge in [-0.1, -0.05) is 38.1 Å². The van der Waals surface area contributed by atoms with E-state index in [2.05, 4.69) is 61.3 Å². The van der Waals surface area contributed by atoms with Crippen molar-refractivity contribution >= 4 is 17.8 Å². The van der Waals surface area contributed by atoms with E-state index in [9.17, 15) is 4.79 Å². The molecule has 1 atom stereocenters. The number of rotatable bonds is 5. The summed E-state index contributed by atoms with van der Waals surface area (Å²) in [5, 5.41) is 4.14. The summed E-state index contributed by atoms with van der Waals surface area (Å²) in [4.78, 5) is 14.6. The monoisotopic (exact) mass is 363 g/mol. The molecule has 1 unspecified atom stereocenters. The van der Waals surface area contributed by atoms with Crippen LogP contribution in [0.25, 0.3) is 0 Å². The maximum Gasteiger partial charge on any atom is 0.271 e. The van der Waals surface area contributed by atoms with Crippen molar-refractivity contribution in [2.24, 2.45) is 5.10 Å². The smallest absolute Gasteiger partial charge is 0.271 e. The largest absolute Gasteiger partial charge is 0.366 e. The SMILES string of the molecule is CCCN1c2ccc(/C=N\NC(=O)c3ccccc3)cc2C(C)CC1(C)C. The summed E-state index contributed by atoms with van der Waals surface area (Å²) in [5.74, 6) is 0.296. The number of fused-ring (bicyclic) bond motifs is 1. The van der Waals surface area contributed by atoms with Crippen molar-refractivity contribution in [2.75, 3.05) is 11.4 Å². The van der Waals surface area contributed by atoms with Crippen LogP contribution in [-0.2, 0) is 0 Å². The topological polar surface area (TPSA) is 44.7 Å². The van der Waals surface area contributed by atoms with Crippen LogP contribution < -0.4 is 10.3 Å². The Morgan fingerprint density at radius 1 is 1.26 bits per heavy atom. The fourth-order valence-electron chi connectivity index (χ4n) is 4.06. The fraction of sp³-hybridized carbons (Fsp3) is 0.391. The van der Waals surface area contributed by atoms with Gasteiger partial charge in [-0.2, -0.15) is 5.10 Å². The first-order valence-corrected chi connectivity index (χ1v) is 9.72. The maximum absolute atomic E-state index is 12.1. The summed E-state index contributed by atoms with van der Waals surface area (Å²) < 4.78 is 0. The van der Waals surface area contributed by atoms with Crippen LogP contribution >= 0.6 is 0 Å². The Hall–Kier alpha value is -2.62. The van der Waals surface area contributed by atoms with Gasteiger partial charge in [0.05, 0.1) is 6.21 Å². The number of nitrogens with one attached hydrogen (secondary N) is 1. The Balaban J connectivity index is 1.77. The summed E-state index contributed by atoms with van der Waals surface area (Å²) in [6.45, 7) is 10.2. The number of carbonyl (C=O) groups excluding carboxylic acids is 1. The van der Waals surface area contributed by atoms with E-state index in [1.165, 1.54) is 11.3 Å². The molecule has 1 heterocycles. The van der Waals surface area contributed by atoms with Crippen LogP contribution in [-0.4, -0.2) is 24.2 Å². The maximum atomic E-state index is 12.1. The molecule has 0 aliphatic carbocycles. The average Bonchev–Trinajstić information content (AvgIpc) is 2.65. The minimum absolute atomic E-state index is 0.168. The Morgan fingerprint density at radius 2 is 2.00 bits per heavy atom. The first-order valence-electron chi connectivity index (χ1n) is 9.72. The third-order valence-electron chi connectivity index (χ3n) is 5.27. The van der Waals surface area contributed by atoms with E-state index in [1.807, 2.05) is 18.2 Å². The van der Waals surface area contributed by atoms with Crippen molar-refractivity contribution in [3.63, 3.8) is 0 Å². The molecule has 142 valence electrons. The highest BCUT2D eigenvalue weighted by Gasteiger charge is 2.35. The van der Waals surface area contributed by atoms with Crippen molar-refractivity contribution in [3.8, 4) is 0 Å². The summed E-state index contributed by atoms with van der Waals surface area (Å²) in [6.07, 6.45) is 3.98. The Labute approximate surface area is 162 Å². The first-order chi connectivity index (χ1) is 12.9. The number of amides is 1. The molecule has 1 aliphatic heterocycles. The summed E-state index contributed by atoms with van der Waals surface area (Å²) in [5.41, 5.74) is 7.06. The zero-order chi connectivity index (χ0) is 19.4. The number of hydrogen-bond acceptors (Lipinski definition) is 3. The van der Waals surface area contributed by atoms with Gasteiger partial charge in [-0.15, -0.1) is 0 Å². The molecular weight excluding hydrogens is 334 g/mol. The lowest BCUT2D eigenvalue weighted by atomic mass is 9.79. The molecule has 0 saturated heterocycles. The molecule has 0 fully saturated rings. The highest BCUT2D eigenvalue weighted by molar-refractivity contribution is 5.94. The second-order valence-corrected chi connectivity index (χ2v) is 7.95. The van der Waals surface area contributed by atoms with Gasteiger partial charge in [-0.05, 0) is 68.0 Å². The van der Waals surface area contributed by atoms with Crippen LogP contribution in [0.2, 0.25) is 0 Å². The normalized spacial score (nSPS) is 18.4. The molecule has 3 rings (SSSR count). The summed E-state index contributed by atoms with van der Waals surface area (Å²) in [6, 6.07) is 15.6. The second kappa shape index (κ2) is 7.95. The first kappa shape index (κ1) is 19.2. The minimum atomic E-state index is -0.200. The van der Waals surface area contributed by atoms with Crippen LogP contribution in [0.1, 0.15) is 67.9 Å². The van der Waals surface area contributed by atoms with Crippen molar-refractivity contribution in [1.82, 2.24) is 5.43 Å². The number of hydrazone groups is 1. The predicted octanol–water partition coefficient (Wildman–Crippen LogP) is 4.95. The Kier molecular flexibility index (Phi) is 5.64. The molecule has 0 radical (unpaired) electrons. The third kappa shape index (κ3) is 4.21. The highest BCUT2D eigenvalue weighted by atomic mass is 16.2. The lowest BCUT2D eigenvalue weighted by Crippen LogP contribution is -2.48. The van der Waals surface area contributed by atoms with Crippen LogP contribution in [0, 0.1) is 0 Å². The molecule has 2 aromatic carbocycles. The fourth-order valence-corrected chi connectivity index (χ4v) is 4.06. The molecule has 1 aliphatic rings. The molecule has 2 aromatic rings. The number of anilines is 1. The van der Waals surface area contributed by atoms with Gasteiger partial charge in [0.15, 0.2) is 0 Å². The van der Waals surface area contributed by atoms with E-state index < -0.39 is 0 Å². The predicted molar refractivity (Wildman–Crippen MR) is 113 cm³/mol. The van der Waals surface area contributed by atoms with Gasteiger partial charge < -0.3 is 4.90 Å². The lowest BCUT2D eigenvalue weighted by Gasteiger charge is -2.47. The Morgan fingerprint density at radius 3 is 2.70 bits per heavy atom. The van der Waals surface area contributed by atoms with Gasteiger partial charge in [0, 0.05) is 23.3 Å². The van der Waals surface area contributed by atoms with Crippen LogP contribution in [0.15, 0.2) is 53.6 Å². The van der Waals surface area contributed by atoms with Gasteiger partial charge in [0.25, 0.3) is 5.91 Å². The summed E-state index contributed by atoms with van der Waals surface area (Å²) in [7, 11) is 0. The van der Waals surface area contributed by atoms with Gasteiger partial charge >= 0.3 is 0 Å². The molecule has 4 nitrogen and oxygen atoms in total. The molecule has 1 amide bonds. The van der Waals surface area contributed by atoms with E-state index in [-0.39, 0.29) is 11.4 Å². The Bertz CT molecular complexity index is 827. The van der Waals surface area contributed by atoms with Gasteiger partial charge in [0.1, 0.15) is 0 Å². The molecule has 1 N–H and O–H groups in total. The van der Waals surface area contributed by atoms with E-state index in [0.29, 0.717) is 11.5 Å². The zero-order valence-corrected chi connectivity index (χ0v) is 16.7. The number of hydrogen-bond donors (Lipinski definition) is 1. The van der Waals surface area contributed by atoms with E-state index >= 15 is 0 Å².